The number of hydrogen-bond acceptors (Lipinski definition) is 6. The van der Waals surface area contributed by atoms with E-state index >= 15 is 17.6 Å². The SMILES string of the molecule is Fc1c(F)c(F)c(-c2cc(-c3ccc(N4c5ccc(N(c6ccccc6)c6ccccc6)cc5C5=CNCCC54)cc3)cc(-c3ccc(N4c5ccc(N(c6ccccc6)c6ccccc6)cc5C5CN(C6CCCCC6)CCC54)cc3)c2)c(F)c1F. The molecule has 5 aliphatic rings. The molecule has 1 saturated carbocycles. The Balaban J connectivity index is 0.789. The van der Waals surface area contributed by atoms with E-state index in [0.717, 1.165) is 94.8 Å². The van der Waals surface area contributed by atoms with Gasteiger partial charge in [-0.05, 0) is 192 Å². The van der Waals surface area contributed by atoms with Gasteiger partial charge in [0.05, 0.1) is 11.6 Å². The molecule has 0 bridgehead atoms. The number of likely N-dealkylation sites (tertiary alicyclic amines) is 1. The first-order chi connectivity index (χ1) is 42.7. The van der Waals surface area contributed by atoms with Crippen LogP contribution in [0.2, 0.25) is 0 Å². The Kier molecular flexibility index (Phi) is 14.2. The predicted molar refractivity (Wildman–Crippen MR) is 343 cm³/mol. The highest BCUT2D eigenvalue weighted by Gasteiger charge is 2.45. The van der Waals surface area contributed by atoms with Crippen molar-refractivity contribution in [3.05, 3.63) is 271 Å². The average Bonchev–Trinajstić information content (AvgIpc) is 1.81. The third kappa shape index (κ3) is 9.78. The minimum absolute atomic E-state index is 0.0489. The molecule has 3 unspecified atom stereocenters. The highest BCUT2D eigenvalue weighted by Crippen LogP contribution is 2.53. The standard InChI is InChI=1S/C76H63F5N6/c77-72-71(73(78)75(80)76(81)74(72)79)53-43-51(49-26-30-59(31-27-49)86-67-36-34-61(45-63(67)65-47-82-40-38-69(65)86)84(55-18-8-2-9-19-55)56-20-10-3-11-21-56)42-52(44-53)50-28-32-60(33-29-50)87-68-37-35-62(85(57-22-12-4-13-23-57)58-24-14-5-15-25-58)46-64(68)66-48-83(41-39-70(66)87)54-16-6-1-7-17-54/h2-5,8-15,18-37,42-47,54,66,69-70,82H,1,6-7,16-17,38-41,48H2. The summed E-state index contributed by atoms with van der Waals surface area (Å²) in [6.07, 6.45) is 10.3. The fraction of sp³-hybridized carbons (Fsp3) is 0.184. The molecule has 0 spiro atoms. The van der Waals surface area contributed by atoms with Crippen molar-refractivity contribution in [3.63, 3.8) is 0 Å². The van der Waals surface area contributed by atoms with Gasteiger partial charge in [0.2, 0.25) is 5.82 Å². The molecule has 0 amide bonds. The summed E-state index contributed by atoms with van der Waals surface area (Å²) in [7, 11) is 0. The number of rotatable bonds is 12. The van der Waals surface area contributed by atoms with Crippen LogP contribution in [0.15, 0.2) is 231 Å². The summed E-state index contributed by atoms with van der Waals surface area (Å²) in [5.74, 6) is -9.69. The maximum Gasteiger partial charge on any atom is 0.200 e. The van der Waals surface area contributed by atoms with Gasteiger partial charge in [0.15, 0.2) is 23.3 Å². The molecule has 432 valence electrons. The second-order valence-electron chi connectivity index (χ2n) is 23.6. The Morgan fingerprint density at radius 2 is 0.885 bits per heavy atom. The van der Waals surface area contributed by atoms with Gasteiger partial charge in [0, 0.05) is 106 Å². The maximum atomic E-state index is 16.0. The van der Waals surface area contributed by atoms with Crippen molar-refractivity contribution >= 4 is 62.4 Å². The lowest BCUT2D eigenvalue weighted by Crippen LogP contribution is -2.49. The number of para-hydroxylation sites is 4. The van der Waals surface area contributed by atoms with Crippen molar-refractivity contribution in [1.82, 2.24) is 10.2 Å². The smallest absolute Gasteiger partial charge is 0.200 e. The van der Waals surface area contributed by atoms with Gasteiger partial charge in [-0.3, -0.25) is 4.90 Å². The first-order valence-electron chi connectivity index (χ1n) is 30.5. The zero-order chi connectivity index (χ0) is 58.7. The Morgan fingerprint density at radius 1 is 0.402 bits per heavy atom. The zero-order valence-corrected chi connectivity index (χ0v) is 47.9. The molecule has 3 atom stereocenters. The van der Waals surface area contributed by atoms with Crippen LogP contribution in [-0.4, -0.2) is 42.7 Å². The van der Waals surface area contributed by atoms with E-state index < -0.39 is 34.6 Å². The predicted octanol–water partition coefficient (Wildman–Crippen LogP) is 19.8. The third-order valence-corrected chi connectivity index (χ3v) is 18.7. The minimum Gasteiger partial charge on any atom is -0.390 e. The number of piperidine rings is 1. The van der Waals surface area contributed by atoms with Crippen molar-refractivity contribution in [3.8, 4) is 33.4 Å². The van der Waals surface area contributed by atoms with Crippen LogP contribution in [0.1, 0.15) is 62.0 Å². The molecular weight excluding hydrogens is 1090 g/mol. The van der Waals surface area contributed by atoms with Gasteiger partial charge in [-0.25, -0.2) is 22.0 Å². The molecule has 1 N–H and O–H groups in total. The molecule has 1 aliphatic carbocycles. The summed E-state index contributed by atoms with van der Waals surface area (Å²) in [5, 5.41) is 3.50. The molecule has 0 aromatic heterocycles. The Morgan fingerprint density at radius 3 is 1.43 bits per heavy atom. The van der Waals surface area contributed by atoms with Crippen molar-refractivity contribution in [2.24, 2.45) is 0 Å². The topological polar surface area (TPSA) is 28.2 Å². The monoisotopic (exact) mass is 1150 g/mol. The summed E-state index contributed by atoms with van der Waals surface area (Å²) in [4.78, 5) is 12.2. The molecule has 1 saturated heterocycles. The zero-order valence-electron chi connectivity index (χ0n) is 47.9. The van der Waals surface area contributed by atoms with E-state index in [1.807, 2.05) is 91.0 Å². The van der Waals surface area contributed by atoms with E-state index in [1.165, 1.54) is 61.1 Å². The van der Waals surface area contributed by atoms with E-state index in [9.17, 15) is 4.39 Å². The number of anilines is 10. The number of hydrogen-bond donors (Lipinski definition) is 1. The lowest BCUT2D eigenvalue weighted by molar-refractivity contribution is 0.113. The van der Waals surface area contributed by atoms with Gasteiger partial charge >= 0.3 is 0 Å². The fourth-order valence-corrected chi connectivity index (χ4v) is 14.6. The lowest BCUT2D eigenvalue weighted by atomic mass is 9.85. The van der Waals surface area contributed by atoms with Gasteiger partial charge in [0.1, 0.15) is 0 Å². The van der Waals surface area contributed by atoms with Crippen molar-refractivity contribution in [1.29, 1.82) is 0 Å². The molecule has 4 heterocycles. The average molecular weight is 1160 g/mol. The van der Waals surface area contributed by atoms with Crippen LogP contribution >= 0.6 is 0 Å². The summed E-state index contributed by atoms with van der Waals surface area (Å²) in [6, 6.07) is 77.2. The molecule has 0 radical (unpaired) electrons. The van der Waals surface area contributed by atoms with Gasteiger partial charge in [-0.15, -0.1) is 0 Å². The third-order valence-electron chi connectivity index (χ3n) is 18.7. The Bertz CT molecular complexity index is 4090. The molecule has 4 aliphatic heterocycles. The molecule has 10 aromatic rings. The van der Waals surface area contributed by atoms with E-state index in [-0.39, 0.29) is 23.6 Å². The van der Waals surface area contributed by atoms with Crippen LogP contribution in [-0.2, 0) is 0 Å². The maximum absolute atomic E-state index is 16.0. The first-order valence-corrected chi connectivity index (χ1v) is 30.5. The van der Waals surface area contributed by atoms with E-state index in [4.69, 9.17) is 0 Å². The molecule has 15 rings (SSSR count). The Labute approximate surface area is 504 Å². The molecule has 11 heteroatoms. The van der Waals surface area contributed by atoms with E-state index in [1.54, 1.807) is 0 Å². The number of fused-ring (bicyclic) bond motifs is 6. The van der Waals surface area contributed by atoms with Crippen LogP contribution in [0, 0.1) is 29.1 Å². The number of halogens is 5. The normalized spacial score (nSPS) is 18.1. The largest absolute Gasteiger partial charge is 0.390 e. The van der Waals surface area contributed by atoms with Crippen LogP contribution in [0.5, 0.6) is 0 Å². The molecular formula is C76H63F5N6. The van der Waals surface area contributed by atoms with Gasteiger partial charge < -0.3 is 24.9 Å². The quantitative estimate of drug-likeness (QED) is 0.0745. The van der Waals surface area contributed by atoms with Gasteiger partial charge in [-0.2, -0.15) is 0 Å². The lowest BCUT2D eigenvalue weighted by Gasteiger charge is -2.43. The number of nitrogens with one attached hydrogen (secondary N) is 1. The minimum atomic E-state index is -2.20. The van der Waals surface area contributed by atoms with Gasteiger partial charge in [0.25, 0.3) is 0 Å². The molecule has 6 nitrogen and oxygen atoms in total. The summed E-state index contributed by atoms with van der Waals surface area (Å²) in [5.41, 5.74) is 15.6. The van der Waals surface area contributed by atoms with E-state index in [0.29, 0.717) is 22.7 Å². The van der Waals surface area contributed by atoms with Crippen molar-refractivity contribution < 1.29 is 22.0 Å². The highest BCUT2D eigenvalue weighted by atomic mass is 19.2. The number of nitrogens with zero attached hydrogens (tertiary/aromatic N) is 5. The number of benzene rings is 10. The fourth-order valence-electron chi connectivity index (χ4n) is 14.6. The van der Waals surface area contributed by atoms with Crippen LogP contribution in [0.4, 0.5) is 78.8 Å². The highest BCUT2D eigenvalue weighted by molar-refractivity contribution is 5.95. The summed E-state index contributed by atoms with van der Waals surface area (Å²) in [6.45, 7) is 2.78. The van der Waals surface area contributed by atoms with Crippen LogP contribution in [0.3, 0.4) is 0 Å². The summed E-state index contributed by atoms with van der Waals surface area (Å²) >= 11 is 0. The van der Waals surface area contributed by atoms with Crippen LogP contribution < -0.4 is 24.9 Å². The first kappa shape index (κ1) is 54.2. The molecule has 2 fully saturated rings. The molecule has 87 heavy (non-hydrogen) atoms. The van der Waals surface area contributed by atoms with Crippen LogP contribution in [0.25, 0.3) is 39.0 Å². The molecule has 10 aromatic carbocycles. The second-order valence-corrected chi connectivity index (χ2v) is 23.6. The summed E-state index contributed by atoms with van der Waals surface area (Å²) < 4.78 is 76.9. The van der Waals surface area contributed by atoms with Crippen molar-refractivity contribution in [2.75, 3.05) is 39.2 Å². The second kappa shape index (κ2) is 22.8. The van der Waals surface area contributed by atoms with Crippen molar-refractivity contribution in [2.45, 2.75) is 69.0 Å². The van der Waals surface area contributed by atoms with Gasteiger partial charge in [-0.1, -0.05) is 116 Å². The van der Waals surface area contributed by atoms with E-state index in [2.05, 4.69) is 157 Å². The Hall–Kier alpha value is -9.45.